The van der Waals surface area contributed by atoms with Gasteiger partial charge in [0.1, 0.15) is 0 Å². The molecule has 1 aliphatic carbocycles. The van der Waals surface area contributed by atoms with Crippen molar-refractivity contribution in [2.75, 3.05) is 6.54 Å². The Morgan fingerprint density at radius 2 is 2.28 bits per heavy atom. The summed E-state index contributed by atoms with van der Waals surface area (Å²) in [4.78, 5) is 15.8. The van der Waals surface area contributed by atoms with Crippen LogP contribution in [-0.4, -0.2) is 23.5 Å². The molecule has 0 aliphatic heterocycles. The summed E-state index contributed by atoms with van der Waals surface area (Å²) in [5, 5.41) is 4.98. The predicted octanol–water partition coefficient (Wildman–Crippen LogP) is 1.77. The molecule has 1 unspecified atom stereocenters. The maximum atomic E-state index is 11.6. The fourth-order valence-corrected chi connectivity index (χ4v) is 2.34. The van der Waals surface area contributed by atoms with Gasteiger partial charge in [-0.3, -0.25) is 4.79 Å². The molecule has 0 spiro atoms. The number of aryl methyl sites for hydroxylation is 1. The van der Waals surface area contributed by atoms with Gasteiger partial charge in [-0.1, -0.05) is 0 Å². The minimum absolute atomic E-state index is 0. The van der Waals surface area contributed by atoms with Crippen LogP contribution in [-0.2, 0) is 11.2 Å². The van der Waals surface area contributed by atoms with Crippen LogP contribution in [0.3, 0.4) is 0 Å². The van der Waals surface area contributed by atoms with Crippen LogP contribution >= 0.6 is 36.2 Å². The fourth-order valence-electron chi connectivity index (χ4n) is 1.75. The highest BCUT2D eigenvalue weighted by Crippen LogP contribution is 2.32. The Morgan fingerprint density at radius 3 is 2.78 bits per heavy atom. The van der Waals surface area contributed by atoms with E-state index in [4.69, 9.17) is 5.73 Å². The van der Waals surface area contributed by atoms with Gasteiger partial charge in [0.15, 0.2) is 0 Å². The molecule has 4 nitrogen and oxygen atoms in total. The van der Waals surface area contributed by atoms with E-state index in [2.05, 4.69) is 10.3 Å². The minimum Gasteiger partial charge on any atom is -0.352 e. The van der Waals surface area contributed by atoms with Gasteiger partial charge in [0.25, 0.3) is 0 Å². The number of nitrogens with two attached hydrogens (primary N) is 1. The molecule has 0 bridgehead atoms. The fraction of sp³-hybridized carbons (Fsp3) is 0.636. The number of hydrogen-bond acceptors (Lipinski definition) is 4. The van der Waals surface area contributed by atoms with Crippen LogP contribution in [0.25, 0.3) is 0 Å². The Balaban J connectivity index is 0.00000144. The Labute approximate surface area is 124 Å². The van der Waals surface area contributed by atoms with Crippen LogP contribution in [0, 0.1) is 5.92 Å². The first kappa shape index (κ1) is 17.6. The smallest absolute Gasteiger partial charge is 0.220 e. The third-order valence-corrected chi connectivity index (χ3v) is 3.52. The van der Waals surface area contributed by atoms with Crippen LogP contribution in [0.5, 0.6) is 0 Å². The molecule has 0 radical (unpaired) electrons. The van der Waals surface area contributed by atoms with E-state index in [9.17, 15) is 4.79 Å². The second kappa shape index (κ2) is 8.69. The molecule has 1 fully saturated rings. The van der Waals surface area contributed by atoms with E-state index < -0.39 is 0 Å². The van der Waals surface area contributed by atoms with E-state index in [1.165, 1.54) is 12.8 Å². The minimum atomic E-state index is 0. The van der Waals surface area contributed by atoms with Crippen molar-refractivity contribution in [3.63, 3.8) is 0 Å². The van der Waals surface area contributed by atoms with E-state index in [-0.39, 0.29) is 36.8 Å². The Kier molecular flexibility index (Phi) is 8.52. The van der Waals surface area contributed by atoms with Crippen molar-refractivity contribution in [1.29, 1.82) is 0 Å². The standard InChI is InChI=1S/C11H17N3OS.2ClH/c12-5-10(8-1-2-8)14-11(15)4-3-9-6-16-7-13-9;;/h6-8,10H,1-5,12H2,(H,14,15);2*1H. The largest absolute Gasteiger partial charge is 0.352 e. The Bertz CT molecular complexity index is 344. The van der Waals surface area contributed by atoms with Gasteiger partial charge in [-0.15, -0.1) is 36.2 Å². The summed E-state index contributed by atoms with van der Waals surface area (Å²) >= 11 is 1.56. The van der Waals surface area contributed by atoms with Crippen molar-refractivity contribution in [3.8, 4) is 0 Å². The lowest BCUT2D eigenvalue weighted by molar-refractivity contribution is -0.121. The zero-order valence-electron chi connectivity index (χ0n) is 10.0. The second-order valence-corrected chi connectivity index (χ2v) is 4.95. The molecule has 1 aromatic heterocycles. The SMILES string of the molecule is Cl.Cl.NCC(NC(=O)CCc1cscn1)C1CC1. The number of rotatable bonds is 6. The topological polar surface area (TPSA) is 68.0 Å². The summed E-state index contributed by atoms with van der Waals surface area (Å²) in [6, 6.07) is 0.183. The molecule has 7 heteroatoms. The van der Waals surface area contributed by atoms with E-state index >= 15 is 0 Å². The first-order valence-electron chi connectivity index (χ1n) is 5.66. The highest BCUT2D eigenvalue weighted by atomic mass is 35.5. The van der Waals surface area contributed by atoms with Crippen LogP contribution in [0.15, 0.2) is 10.9 Å². The van der Waals surface area contributed by atoms with Gasteiger partial charge in [0.2, 0.25) is 5.91 Å². The normalized spacial score (nSPS) is 15.2. The molecule has 18 heavy (non-hydrogen) atoms. The highest BCUT2D eigenvalue weighted by molar-refractivity contribution is 7.07. The number of thiazole rings is 1. The first-order valence-corrected chi connectivity index (χ1v) is 6.60. The lowest BCUT2D eigenvalue weighted by Gasteiger charge is -2.15. The maximum Gasteiger partial charge on any atom is 0.220 e. The number of nitrogens with zero attached hydrogens (tertiary/aromatic N) is 1. The average molecular weight is 312 g/mol. The van der Waals surface area contributed by atoms with Gasteiger partial charge in [0.05, 0.1) is 11.2 Å². The number of amides is 1. The summed E-state index contributed by atoms with van der Waals surface area (Å²) in [5.74, 6) is 0.712. The van der Waals surface area contributed by atoms with Crippen molar-refractivity contribution in [2.24, 2.45) is 11.7 Å². The zero-order chi connectivity index (χ0) is 11.4. The summed E-state index contributed by atoms with van der Waals surface area (Å²) in [5.41, 5.74) is 8.42. The summed E-state index contributed by atoms with van der Waals surface area (Å²) in [6.45, 7) is 0.549. The van der Waals surface area contributed by atoms with Crippen molar-refractivity contribution < 1.29 is 4.79 Å². The number of aromatic nitrogens is 1. The summed E-state index contributed by atoms with van der Waals surface area (Å²) < 4.78 is 0. The van der Waals surface area contributed by atoms with Gasteiger partial charge in [0, 0.05) is 24.4 Å². The summed E-state index contributed by atoms with van der Waals surface area (Å²) in [7, 11) is 0. The average Bonchev–Trinajstić information content (AvgIpc) is 3.00. The van der Waals surface area contributed by atoms with Gasteiger partial charge in [-0.05, 0) is 25.2 Å². The van der Waals surface area contributed by atoms with Gasteiger partial charge in [-0.25, -0.2) is 4.98 Å². The molecule has 1 amide bonds. The van der Waals surface area contributed by atoms with Crippen molar-refractivity contribution >= 4 is 42.1 Å². The third-order valence-electron chi connectivity index (χ3n) is 2.88. The van der Waals surface area contributed by atoms with Gasteiger partial charge >= 0.3 is 0 Å². The van der Waals surface area contributed by atoms with Crippen LogP contribution < -0.4 is 11.1 Å². The third kappa shape index (κ3) is 5.52. The lowest BCUT2D eigenvalue weighted by atomic mass is 10.1. The van der Waals surface area contributed by atoms with Crippen molar-refractivity contribution in [3.05, 3.63) is 16.6 Å². The van der Waals surface area contributed by atoms with Crippen molar-refractivity contribution in [1.82, 2.24) is 10.3 Å². The molecule has 1 aromatic rings. The molecule has 1 saturated carbocycles. The van der Waals surface area contributed by atoms with Crippen molar-refractivity contribution in [2.45, 2.75) is 31.7 Å². The Morgan fingerprint density at radius 1 is 1.56 bits per heavy atom. The number of nitrogens with one attached hydrogen (secondary N) is 1. The molecular formula is C11H19Cl2N3OS. The molecule has 104 valence electrons. The number of hydrogen-bond donors (Lipinski definition) is 2. The number of carbonyl (C=O) groups is 1. The van der Waals surface area contributed by atoms with E-state index in [0.717, 1.165) is 12.1 Å². The second-order valence-electron chi connectivity index (χ2n) is 4.23. The van der Waals surface area contributed by atoms with E-state index in [0.29, 0.717) is 18.9 Å². The monoisotopic (exact) mass is 311 g/mol. The van der Waals surface area contributed by atoms with Crippen LogP contribution in [0.4, 0.5) is 0 Å². The molecular weight excluding hydrogens is 293 g/mol. The highest BCUT2D eigenvalue weighted by Gasteiger charge is 2.30. The first-order chi connectivity index (χ1) is 7.79. The summed E-state index contributed by atoms with van der Waals surface area (Å²) in [6.07, 6.45) is 3.63. The molecule has 3 N–H and O–H groups in total. The van der Waals surface area contributed by atoms with E-state index in [1.807, 2.05) is 5.38 Å². The molecule has 0 aromatic carbocycles. The Hall–Kier alpha value is -0.360. The van der Waals surface area contributed by atoms with E-state index in [1.54, 1.807) is 16.8 Å². The lowest BCUT2D eigenvalue weighted by Crippen LogP contribution is -2.41. The van der Waals surface area contributed by atoms with Gasteiger partial charge in [-0.2, -0.15) is 0 Å². The zero-order valence-corrected chi connectivity index (χ0v) is 12.5. The van der Waals surface area contributed by atoms with Gasteiger partial charge < -0.3 is 11.1 Å². The molecule has 2 rings (SSSR count). The van der Waals surface area contributed by atoms with Crippen LogP contribution in [0.1, 0.15) is 25.0 Å². The molecule has 1 atom stereocenters. The maximum absolute atomic E-state index is 11.6. The number of halogens is 2. The van der Waals surface area contributed by atoms with Crippen LogP contribution in [0.2, 0.25) is 0 Å². The molecule has 1 aliphatic rings. The predicted molar refractivity (Wildman–Crippen MR) is 78.6 cm³/mol. The molecule has 0 saturated heterocycles. The number of carbonyl (C=O) groups excluding carboxylic acids is 1. The molecule has 1 heterocycles. The quantitative estimate of drug-likeness (QED) is 0.841.